The Balaban J connectivity index is 1.89. The first-order valence-electron chi connectivity index (χ1n) is 11.7. The molecule has 0 fully saturated rings. The summed E-state index contributed by atoms with van der Waals surface area (Å²) < 4.78 is 12.6. The lowest BCUT2D eigenvalue weighted by molar-refractivity contribution is -0.137. The Morgan fingerprint density at radius 1 is 1.06 bits per heavy atom. The van der Waals surface area contributed by atoms with Crippen LogP contribution in [0.2, 0.25) is 0 Å². The van der Waals surface area contributed by atoms with E-state index in [-0.39, 0.29) is 31.0 Å². The summed E-state index contributed by atoms with van der Waals surface area (Å²) in [7, 11) is 0. The van der Waals surface area contributed by atoms with E-state index >= 15 is 0 Å². The summed E-state index contributed by atoms with van der Waals surface area (Å²) in [6, 6.07) is 13.2. The van der Waals surface area contributed by atoms with Crippen LogP contribution < -0.4 is 9.47 Å². The molecule has 1 N–H and O–H groups in total. The first kappa shape index (κ1) is 26.2. The molecule has 0 saturated heterocycles. The number of amides is 1. The molecular formula is C27H32N2O5S. The van der Waals surface area contributed by atoms with Gasteiger partial charge in [0, 0.05) is 12.1 Å². The third kappa shape index (κ3) is 6.82. The van der Waals surface area contributed by atoms with Crippen molar-refractivity contribution in [1.29, 1.82) is 0 Å². The summed E-state index contributed by atoms with van der Waals surface area (Å²) in [6.07, 6.45) is 1.65. The molecule has 8 heteroatoms. The van der Waals surface area contributed by atoms with Gasteiger partial charge in [0.15, 0.2) is 18.1 Å². The van der Waals surface area contributed by atoms with Crippen LogP contribution in [-0.4, -0.2) is 52.2 Å². The summed E-state index contributed by atoms with van der Waals surface area (Å²) >= 11 is 1.46. The molecule has 0 aliphatic rings. The number of carboxylic acid groups (broad SMARTS) is 1. The Hall–Kier alpha value is -3.39. The maximum absolute atomic E-state index is 12.7. The van der Waals surface area contributed by atoms with Gasteiger partial charge in [0.25, 0.3) is 5.91 Å². The standard InChI is InChI=1S/C27H32N2O5S/c1-6-33-23-14-19(11-12-22(23)34-16-25(30)29(17(2)3)18(4)5)13-20(15-26(31)32)27-28-21-9-7-8-10-24(21)35-27/h7-14,17-18H,6,15-16H2,1-5H3,(H,31,32)/b20-13+. The third-order valence-electron chi connectivity index (χ3n) is 5.27. The Bertz CT molecular complexity index is 1170. The van der Waals surface area contributed by atoms with Crippen molar-refractivity contribution in [2.75, 3.05) is 13.2 Å². The van der Waals surface area contributed by atoms with Crippen molar-refractivity contribution in [3.05, 3.63) is 53.0 Å². The highest BCUT2D eigenvalue weighted by Crippen LogP contribution is 2.33. The summed E-state index contributed by atoms with van der Waals surface area (Å²) in [5.41, 5.74) is 2.20. The van der Waals surface area contributed by atoms with E-state index in [2.05, 4.69) is 4.98 Å². The fourth-order valence-corrected chi connectivity index (χ4v) is 4.93. The number of aliphatic carboxylic acids is 1. The van der Waals surface area contributed by atoms with Crippen molar-refractivity contribution in [1.82, 2.24) is 9.88 Å². The van der Waals surface area contributed by atoms with Gasteiger partial charge < -0.3 is 19.5 Å². The van der Waals surface area contributed by atoms with Crippen LogP contribution in [0.4, 0.5) is 0 Å². The molecule has 0 atom stereocenters. The van der Waals surface area contributed by atoms with Crippen molar-refractivity contribution in [2.24, 2.45) is 0 Å². The lowest BCUT2D eigenvalue weighted by atomic mass is 10.1. The lowest BCUT2D eigenvalue weighted by Gasteiger charge is -2.30. The largest absolute Gasteiger partial charge is 0.490 e. The Labute approximate surface area is 210 Å². The highest BCUT2D eigenvalue weighted by molar-refractivity contribution is 7.19. The number of aromatic nitrogens is 1. The Morgan fingerprint density at radius 3 is 2.40 bits per heavy atom. The van der Waals surface area contributed by atoms with Crippen molar-refractivity contribution in [2.45, 2.75) is 53.1 Å². The SMILES string of the molecule is CCOc1cc(/C=C(\CC(=O)O)c2nc3ccccc3s2)ccc1OCC(=O)N(C(C)C)C(C)C. The van der Waals surface area contributed by atoms with Gasteiger partial charge in [0.1, 0.15) is 5.01 Å². The average Bonchev–Trinajstić information content (AvgIpc) is 3.22. The van der Waals surface area contributed by atoms with E-state index < -0.39 is 5.97 Å². The number of rotatable bonds is 11. The van der Waals surface area contributed by atoms with Gasteiger partial charge in [-0.2, -0.15) is 0 Å². The second-order valence-corrected chi connectivity index (χ2v) is 9.67. The molecule has 1 heterocycles. The van der Waals surface area contributed by atoms with Gasteiger partial charge in [-0.25, -0.2) is 4.98 Å². The van der Waals surface area contributed by atoms with Crippen LogP contribution in [0.1, 0.15) is 51.6 Å². The topological polar surface area (TPSA) is 89.0 Å². The number of hydrogen-bond acceptors (Lipinski definition) is 6. The smallest absolute Gasteiger partial charge is 0.307 e. The normalized spacial score (nSPS) is 11.8. The molecule has 1 aromatic heterocycles. The van der Waals surface area contributed by atoms with E-state index in [0.717, 1.165) is 15.8 Å². The molecule has 186 valence electrons. The van der Waals surface area contributed by atoms with Crippen LogP contribution in [0.25, 0.3) is 21.9 Å². The number of ether oxygens (including phenoxy) is 2. The zero-order valence-corrected chi connectivity index (χ0v) is 21.6. The number of thiazole rings is 1. The number of para-hydroxylation sites is 1. The van der Waals surface area contributed by atoms with Crippen LogP contribution in [0.3, 0.4) is 0 Å². The predicted octanol–water partition coefficient (Wildman–Crippen LogP) is 5.73. The summed E-state index contributed by atoms with van der Waals surface area (Å²) in [6.45, 7) is 10.1. The quantitative estimate of drug-likeness (QED) is 0.364. The summed E-state index contributed by atoms with van der Waals surface area (Å²) in [5, 5.41) is 10.1. The van der Waals surface area contributed by atoms with E-state index in [0.29, 0.717) is 28.7 Å². The molecule has 0 radical (unpaired) electrons. The Morgan fingerprint density at radius 2 is 1.77 bits per heavy atom. The van der Waals surface area contributed by atoms with Crippen molar-refractivity contribution in [3.63, 3.8) is 0 Å². The van der Waals surface area contributed by atoms with Crippen LogP contribution >= 0.6 is 11.3 Å². The van der Waals surface area contributed by atoms with Crippen molar-refractivity contribution < 1.29 is 24.2 Å². The summed E-state index contributed by atoms with van der Waals surface area (Å²) in [5.74, 6) is -0.0712. The number of carbonyl (C=O) groups is 2. The van der Waals surface area contributed by atoms with Crippen LogP contribution in [0.5, 0.6) is 11.5 Å². The molecule has 2 aromatic carbocycles. The molecule has 0 aliphatic heterocycles. The van der Waals surface area contributed by atoms with Crippen molar-refractivity contribution >= 4 is 45.1 Å². The van der Waals surface area contributed by atoms with Gasteiger partial charge in [-0.3, -0.25) is 9.59 Å². The first-order chi connectivity index (χ1) is 16.7. The molecule has 0 saturated carbocycles. The molecule has 7 nitrogen and oxygen atoms in total. The minimum Gasteiger partial charge on any atom is -0.490 e. The fraction of sp³-hybridized carbons (Fsp3) is 0.370. The van der Waals surface area contributed by atoms with Gasteiger partial charge >= 0.3 is 5.97 Å². The first-order valence-corrected chi connectivity index (χ1v) is 12.5. The molecule has 0 aliphatic carbocycles. The fourth-order valence-electron chi connectivity index (χ4n) is 3.95. The second-order valence-electron chi connectivity index (χ2n) is 8.64. The molecular weight excluding hydrogens is 464 g/mol. The van der Waals surface area contributed by atoms with Gasteiger partial charge in [-0.15, -0.1) is 11.3 Å². The predicted molar refractivity (Wildman–Crippen MR) is 140 cm³/mol. The zero-order chi connectivity index (χ0) is 25.5. The number of carbonyl (C=O) groups excluding carboxylic acids is 1. The Kier molecular flexibility index (Phi) is 8.87. The monoisotopic (exact) mass is 496 g/mol. The molecule has 0 bridgehead atoms. The minimum absolute atomic E-state index is 0.0696. The van der Waals surface area contributed by atoms with Gasteiger partial charge in [-0.1, -0.05) is 18.2 Å². The van der Waals surface area contributed by atoms with Gasteiger partial charge in [-0.05, 0) is 76.1 Å². The summed E-state index contributed by atoms with van der Waals surface area (Å²) in [4.78, 5) is 30.7. The van der Waals surface area contributed by atoms with Crippen LogP contribution in [0, 0.1) is 0 Å². The average molecular weight is 497 g/mol. The second kappa shape index (κ2) is 11.8. The third-order valence-corrected chi connectivity index (χ3v) is 6.38. The molecule has 35 heavy (non-hydrogen) atoms. The number of hydrogen-bond donors (Lipinski definition) is 1. The maximum Gasteiger partial charge on any atom is 0.307 e. The number of carboxylic acids is 1. The molecule has 3 rings (SSSR count). The van der Waals surface area contributed by atoms with Crippen LogP contribution in [0.15, 0.2) is 42.5 Å². The van der Waals surface area contributed by atoms with E-state index in [1.165, 1.54) is 11.3 Å². The molecule has 3 aromatic rings. The van der Waals surface area contributed by atoms with E-state index in [1.54, 1.807) is 17.0 Å². The minimum atomic E-state index is -0.932. The number of nitrogens with zero attached hydrogens (tertiary/aromatic N) is 2. The lowest BCUT2D eigenvalue weighted by Crippen LogP contribution is -2.44. The highest BCUT2D eigenvalue weighted by atomic mass is 32.1. The molecule has 0 spiro atoms. The van der Waals surface area contributed by atoms with Gasteiger partial charge in [0.05, 0.1) is 23.2 Å². The van der Waals surface area contributed by atoms with Gasteiger partial charge in [0.2, 0.25) is 0 Å². The number of fused-ring (bicyclic) bond motifs is 1. The van der Waals surface area contributed by atoms with E-state index in [9.17, 15) is 14.7 Å². The van der Waals surface area contributed by atoms with Crippen LogP contribution in [-0.2, 0) is 9.59 Å². The maximum atomic E-state index is 12.7. The van der Waals surface area contributed by atoms with E-state index in [4.69, 9.17) is 9.47 Å². The number of benzene rings is 2. The van der Waals surface area contributed by atoms with E-state index in [1.807, 2.05) is 71.0 Å². The van der Waals surface area contributed by atoms with Crippen molar-refractivity contribution in [3.8, 4) is 11.5 Å². The molecule has 0 unspecified atom stereocenters. The highest BCUT2D eigenvalue weighted by Gasteiger charge is 2.21. The zero-order valence-electron chi connectivity index (χ0n) is 20.8. The molecule has 1 amide bonds.